The topological polar surface area (TPSA) is 29.9 Å². The van der Waals surface area contributed by atoms with Gasteiger partial charge in [-0.1, -0.05) is 30.7 Å². The second kappa shape index (κ2) is 6.02. The van der Waals surface area contributed by atoms with Crippen molar-refractivity contribution in [1.82, 2.24) is 15.1 Å². The first-order chi connectivity index (χ1) is 9.10. The quantitative estimate of drug-likeness (QED) is 0.891. The second-order valence-electron chi connectivity index (χ2n) is 5.15. The maximum atomic E-state index is 4.49. The molecule has 1 heterocycles. The lowest BCUT2D eigenvalue weighted by Gasteiger charge is -2.21. The maximum Gasteiger partial charge on any atom is 0.0604 e. The van der Waals surface area contributed by atoms with Crippen molar-refractivity contribution in [3.8, 4) is 0 Å². The van der Waals surface area contributed by atoms with E-state index < -0.39 is 0 Å². The zero-order chi connectivity index (χ0) is 13.8. The third kappa shape index (κ3) is 3.44. The fourth-order valence-electron chi connectivity index (χ4n) is 2.41. The zero-order valence-corrected chi connectivity index (χ0v) is 12.3. The lowest BCUT2D eigenvalue weighted by Crippen LogP contribution is -2.26. The molecule has 1 atom stereocenters. The van der Waals surface area contributed by atoms with E-state index in [1.807, 2.05) is 23.9 Å². The average molecular weight is 257 g/mol. The van der Waals surface area contributed by atoms with Gasteiger partial charge in [0, 0.05) is 6.20 Å². The number of aryl methyl sites for hydroxylation is 3. The van der Waals surface area contributed by atoms with Crippen molar-refractivity contribution in [2.24, 2.45) is 0 Å². The number of hydrogen-bond donors (Lipinski definition) is 1. The minimum absolute atomic E-state index is 0.309. The zero-order valence-electron chi connectivity index (χ0n) is 12.3. The molecule has 0 radical (unpaired) electrons. The first kappa shape index (κ1) is 13.8. The van der Waals surface area contributed by atoms with E-state index in [2.05, 4.69) is 49.4 Å². The number of aromatic nitrogens is 2. The molecule has 1 aromatic carbocycles. The third-order valence-corrected chi connectivity index (χ3v) is 3.40. The van der Waals surface area contributed by atoms with Crippen LogP contribution in [0.4, 0.5) is 0 Å². The van der Waals surface area contributed by atoms with E-state index in [9.17, 15) is 0 Å². The van der Waals surface area contributed by atoms with Crippen LogP contribution in [0.15, 0.2) is 30.5 Å². The Morgan fingerprint density at radius 3 is 2.63 bits per heavy atom. The summed E-state index contributed by atoms with van der Waals surface area (Å²) in [5.74, 6) is 0. The Labute approximate surface area is 115 Å². The van der Waals surface area contributed by atoms with E-state index in [4.69, 9.17) is 0 Å². The largest absolute Gasteiger partial charge is 0.309 e. The molecule has 3 heteroatoms. The molecule has 19 heavy (non-hydrogen) atoms. The van der Waals surface area contributed by atoms with E-state index in [0.29, 0.717) is 6.04 Å². The highest BCUT2D eigenvalue weighted by Crippen LogP contribution is 2.21. The highest BCUT2D eigenvalue weighted by Gasteiger charge is 2.14. The van der Waals surface area contributed by atoms with E-state index in [-0.39, 0.29) is 0 Å². The van der Waals surface area contributed by atoms with Gasteiger partial charge in [-0.25, -0.2) is 0 Å². The van der Waals surface area contributed by atoms with Crippen LogP contribution in [-0.2, 0) is 6.54 Å². The Morgan fingerprint density at radius 2 is 2.00 bits per heavy atom. The molecule has 2 rings (SSSR count). The number of hydrogen-bond acceptors (Lipinski definition) is 2. The molecular formula is C16H23N3. The summed E-state index contributed by atoms with van der Waals surface area (Å²) in [5.41, 5.74) is 5.08. The normalized spacial score (nSPS) is 12.6. The molecule has 0 bridgehead atoms. The maximum absolute atomic E-state index is 4.49. The van der Waals surface area contributed by atoms with Gasteiger partial charge in [0.15, 0.2) is 0 Å². The Morgan fingerprint density at radius 1 is 1.21 bits per heavy atom. The Hall–Kier alpha value is -1.61. The van der Waals surface area contributed by atoms with Gasteiger partial charge in [0.05, 0.1) is 18.3 Å². The van der Waals surface area contributed by atoms with E-state index in [1.54, 1.807) is 0 Å². The van der Waals surface area contributed by atoms with Gasteiger partial charge < -0.3 is 5.32 Å². The molecule has 0 spiro atoms. The van der Waals surface area contributed by atoms with Crippen LogP contribution in [0.3, 0.4) is 0 Å². The number of nitrogens with one attached hydrogen (secondary N) is 1. The van der Waals surface area contributed by atoms with Crippen LogP contribution in [-0.4, -0.2) is 16.3 Å². The summed E-state index contributed by atoms with van der Waals surface area (Å²) in [7, 11) is 0. The van der Waals surface area contributed by atoms with Gasteiger partial charge in [-0.3, -0.25) is 4.68 Å². The molecule has 2 aromatic rings. The second-order valence-corrected chi connectivity index (χ2v) is 5.15. The highest BCUT2D eigenvalue weighted by atomic mass is 15.3. The minimum atomic E-state index is 0.309. The van der Waals surface area contributed by atoms with Crippen molar-refractivity contribution >= 4 is 0 Å². The van der Waals surface area contributed by atoms with Crippen LogP contribution in [0, 0.1) is 20.8 Å². The molecule has 3 nitrogen and oxygen atoms in total. The van der Waals surface area contributed by atoms with Crippen LogP contribution in [0.5, 0.6) is 0 Å². The van der Waals surface area contributed by atoms with Crippen LogP contribution in [0.1, 0.15) is 35.3 Å². The first-order valence-electron chi connectivity index (χ1n) is 6.90. The SMILES string of the molecule is CCNC(Cn1ccc(C)n1)c1cc(C)ccc1C. The molecule has 1 N–H and O–H groups in total. The van der Waals surface area contributed by atoms with Crippen molar-refractivity contribution in [1.29, 1.82) is 0 Å². The van der Waals surface area contributed by atoms with Crippen molar-refractivity contribution < 1.29 is 0 Å². The molecule has 0 aliphatic carbocycles. The Bertz CT molecular complexity index is 543. The van der Waals surface area contributed by atoms with Crippen molar-refractivity contribution in [2.45, 2.75) is 40.3 Å². The molecule has 0 saturated carbocycles. The van der Waals surface area contributed by atoms with Gasteiger partial charge in [-0.2, -0.15) is 5.10 Å². The summed E-state index contributed by atoms with van der Waals surface area (Å²) < 4.78 is 2.02. The summed E-state index contributed by atoms with van der Waals surface area (Å²) >= 11 is 0. The highest BCUT2D eigenvalue weighted by molar-refractivity contribution is 5.33. The van der Waals surface area contributed by atoms with Crippen LogP contribution in [0.2, 0.25) is 0 Å². The summed E-state index contributed by atoms with van der Waals surface area (Å²) in [6, 6.07) is 9.00. The molecule has 0 amide bonds. The summed E-state index contributed by atoms with van der Waals surface area (Å²) in [6.45, 7) is 10.3. The van der Waals surface area contributed by atoms with Gasteiger partial charge in [0.2, 0.25) is 0 Å². The predicted octanol–water partition coefficient (Wildman–Crippen LogP) is 3.16. The summed E-state index contributed by atoms with van der Waals surface area (Å²) in [6.07, 6.45) is 2.05. The van der Waals surface area contributed by atoms with Gasteiger partial charge in [-0.05, 0) is 44.5 Å². The average Bonchev–Trinajstić information content (AvgIpc) is 2.77. The number of benzene rings is 1. The van der Waals surface area contributed by atoms with Crippen LogP contribution < -0.4 is 5.32 Å². The van der Waals surface area contributed by atoms with Crippen molar-refractivity contribution in [3.63, 3.8) is 0 Å². The Kier molecular flexibility index (Phi) is 4.38. The van der Waals surface area contributed by atoms with Crippen LogP contribution in [0.25, 0.3) is 0 Å². The lowest BCUT2D eigenvalue weighted by molar-refractivity contribution is 0.445. The molecule has 1 unspecified atom stereocenters. The first-order valence-corrected chi connectivity index (χ1v) is 6.90. The fourth-order valence-corrected chi connectivity index (χ4v) is 2.41. The molecule has 0 saturated heterocycles. The lowest BCUT2D eigenvalue weighted by atomic mass is 9.99. The van der Waals surface area contributed by atoms with Gasteiger partial charge in [0.25, 0.3) is 0 Å². The standard InChI is InChI=1S/C16H23N3/c1-5-17-16(11-19-9-8-14(4)18-19)15-10-12(2)6-7-13(15)3/h6-10,16-17H,5,11H2,1-4H3. The molecular weight excluding hydrogens is 234 g/mol. The third-order valence-electron chi connectivity index (χ3n) is 3.40. The van der Waals surface area contributed by atoms with Crippen LogP contribution >= 0.6 is 0 Å². The van der Waals surface area contributed by atoms with Crippen molar-refractivity contribution in [3.05, 3.63) is 52.8 Å². The van der Waals surface area contributed by atoms with Crippen molar-refractivity contribution in [2.75, 3.05) is 6.54 Å². The van der Waals surface area contributed by atoms with Gasteiger partial charge in [0.1, 0.15) is 0 Å². The summed E-state index contributed by atoms with van der Waals surface area (Å²) in [5, 5.41) is 8.05. The van der Waals surface area contributed by atoms with E-state index in [0.717, 1.165) is 18.8 Å². The minimum Gasteiger partial charge on any atom is -0.309 e. The molecule has 0 fully saturated rings. The van der Waals surface area contributed by atoms with E-state index in [1.165, 1.54) is 16.7 Å². The smallest absolute Gasteiger partial charge is 0.0604 e. The number of rotatable bonds is 5. The molecule has 0 aliphatic heterocycles. The van der Waals surface area contributed by atoms with Gasteiger partial charge in [-0.15, -0.1) is 0 Å². The van der Waals surface area contributed by atoms with E-state index >= 15 is 0 Å². The number of nitrogens with zero attached hydrogens (tertiary/aromatic N) is 2. The fraction of sp³-hybridized carbons (Fsp3) is 0.438. The monoisotopic (exact) mass is 257 g/mol. The number of likely N-dealkylation sites (N-methyl/N-ethyl adjacent to an activating group) is 1. The Balaban J connectivity index is 2.26. The molecule has 1 aromatic heterocycles. The molecule has 0 aliphatic rings. The molecule has 102 valence electrons. The summed E-state index contributed by atoms with van der Waals surface area (Å²) in [4.78, 5) is 0. The van der Waals surface area contributed by atoms with Gasteiger partial charge >= 0.3 is 0 Å². The predicted molar refractivity (Wildman–Crippen MR) is 79.3 cm³/mol.